The van der Waals surface area contributed by atoms with E-state index in [9.17, 15) is 8.42 Å². The fourth-order valence-electron chi connectivity index (χ4n) is 1.56. The fraction of sp³-hybridized carbons (Fsp3) is 0.167. The van der Waals surface area contributed by atoms with Crippen LogP contribution in [0, 0.1) is 6.92 Å². The number of aliphatic hydroxyl groups excluding tert-OH is 1. The molecule has 0 radical (unpaired) electrons. The second kappa shape index (κ2) is 6.15. The van der Waals surface area contributed by atoms with Crippen LogP contribution in [0.15, 0.2) is 36.7 Å². The van der Waals surface area contributed by atoms with Gasteiger partial charge in [0.1, 0.15) is 4.21 Å². The van der Waals surface area contributed by atoms with Gasteiger partial charge in [0.25, 0.3) is 10.0 Å². The minimum absolute atomic E-state index is 0.168. The molecule has 8 heteroatoms. The Balaban J connectivity index is 2.38. The van der Waals surface area contributed by atoms with Crippen molar-refractivity contribution >= 4 is 58.9 Å². The lowest BCUT2D eigenvalue weighted by Gasteiger charge is -2.11. The Labute approximate surface area is 138 Å². The number of sulfonamides is 1. The molecule has 0 saturated carbocycles. The fourth-order valence-corrected chi connectivity index (χ4v) is 5.74. The average Bonchev–Trinajstić information content (AvgIpc) is 2.83. The van der Waals surface area contributed by atoms with Crippen molar-refractivity contribution in [3.63, 3.8) is 0 Å². The summed E-state index contributed by atoms with van der Waals surface area (Å²) in [6.07, 6.45) is 0. The van der Waals surface area contributed by atoms with Gasteiger partial charge in [0.05, 0.1) is 12.3 Å². The van der Waals surface area contributed by atoms with Crippen molar-refractivity contribution in [1.82, 2.24) is 0 Å². The topological polar surface area (TPSA) is 66.4 Å². The molecular weight excluding hydrogens is 430 g/mol. The van der Waals surface area contributed by atoms with Gasteiger partial charge >= 0.3 is 0 Å². The molecule has 1 heterocycles. The minimum Gasteiger partial charge on any atom is -0.392 e. The first-order valence-corrected chi connectivity index (χ1v) is 9.45. The van der Waals surface area contributed by atoms with Crippen LogP contribution in [0.4, 0.5) is 5.69 Å². The van der Waals surface area contributed by atoms with Crippen molar-refractivity contribution in [1.29, 1.82) is 0 Å². The zero-order valence-corrected chi connectivity index (χ0v) is 15.2. The number of hydrogen-bond acceptors (Lipinski definition) is 4. The van der Waals surface area contributed by atoms with Gasteiger partial charge in [-0.2, -0.15) is 0 Å². The van der Waals surface area contributed by atoms with Gasteiger partial charge in [-0.05, 0) is 73.5 Å². The monoisotopic (exact) mass is 439 g/mol. The summed E-state index contributed by atoms with van der Waals surface area (Å²) in [4.78, 5) is 0. The van der Waals surface area contributed by atoms with Crippen molar-refractivity contribution in [2.75, 3.05) is 4.72 Å². The Morgan fingerprint density at radius 2 is 1.85 bits per heavy atom. The summed E-state index contributed by atoms with van der Waals surface area (Å²) in [7, 11) is -3.66. The smallest absolute Gasteiger partial charge is 0.271 e. The number of aryl methyl sites for hydroxylation is 1. The molecule has 0 amide bonds. The van der Waals surface area contributed by atoms with Crippen molar-refractivity contribution in [3.05, 3.63) is 43.7 Å². The number of nitrogens with one attached hydrogen (secondary N) is 1. The molecule has 2 N–H and O–H groups in total. The van der Waals surface area contributed by atoms with Crippen LogP contribution in [-0.2, 0) is 16.6 Å². The van der Waals surface area contributed by atoms with Gasteiger partial charge in [-0.15, -0.1) is 11.3 Å². The van der Waals surface area contributed by atoms with Crippen molar-refractivity contribution < 1.29 is 13.5 Å². The first kappa shape index (κ1) is 16.0. The largest absolute Gasteiger partial charge is 0.392 e. The number of aliphatic hydroxyl groups is 1. The number of halogens is 2. The highest BCUT2D eigenvalue weighted by atomic mass is 79.9. The molecule has 0 bridgehead atoms. The summed E-state index contributed by atoms with van der Waals surface area (Å²) in [5, 5.41) is 10.6. The molecule has 108 valence electrons. The van der Waals surface area contributed by atoms with E-state index in [1.807, 2.05) is 19.1 Å². The number of hydrogen-bond donors (Lipinski definition) is 2. The predicted octanol–water partition coefficient (Wildman–Crippen LogP) is 3.87. The van der Waals surface area contributed by atoms with E-state index in [2.05, 4.69) is 36.6 Å². The molecule has 4 nitrogen and oxygen atoms in total. The average molecular weight is 441 g/mol. The Hall–Kier alpha value is -0.410. The molecule has 2 rings (SSSR count). The lowest BCUT2D eigenvalue weighted by atomic mass is 10.2. The maximum absolute atomic E-state index is 12.3. The highest BCUT2D eigenvalue weighted by Gasteiger charge is 2.19. The second-order valence-electron chi connectivity index (χ2n) is 4.14. The van der Waals surface area contributed by atoms with E-state index in [1.54, 1.807) is 5.38 Å². The first-order valence-electron chi connectivity index (χ1n) is 5.50. The van der Waals surface area contributed by atoms with Crippen LogP contribution in [0.25, 0.3) is 0 Å². The number of rotatable bonds is 4. The van der Waals surface area contributed by atoms with Crippen LogP contribution in [0.2, 0.25) is 0 Å². The third-order valence-corrected chi connectivity index (χ3v) is 6.59. The maximum atomic E-state index is 12.3. The van der Waals surface area contributed by atoms with Crippen LogP contribution in [0.3, 0.4) is 0 Å². The second-order valence-corrected chi connectivity index (χ2v) is 8.67. The molecule has 0 unspecified atom stereocenters. The van der Waals surface area contributed by atoms with Crippen molar-refractivity contribution in [2.45, 2.75) is 17.7 Å². The molecular formula is C12H11Br2NO3S2. The Morgan fingerprint density at radius 1 is 1.25 bits per heavy atom. The van der Waals surface area contributed by atoms with Crippen LogP contribution >= 0.6 is 43.2 Å². The lowest BCUT2D eigenvalue weighted by Crippen LogP contribution is -2.12. The van der Waals surface area contributed by atoms with E-state index in [1.165, 1.54) is 6.07 Å². The SMILES string of the molecule is Cc1cc(Br)c(NS(=O)(=O)c2cc(CO)cs2)c(Br)c1. The maximum Gasteiger partial charge on any atom is 0.271 e. The van der Waals surface area contributed by atoms with E-state index in [4.69, 9.17) is 5.11 Å². The molecule has 0 fully saturated rings. The van der Waals surface area contributed by atoms with Crippen LogP contribution in [0.1, 0.15) is 11.1 Å². The zero-order valence-electron chi connectivity index (χ0n) is 10.4. The van der Waals surface area contributed by atoms with Gasteiger partial charge in [0, 0.05) is 8.95 Å². The molecule has 1 aromatic carbocycles. The van der Waals surface area contributed by atoms with Gasteiger partial charge < -0.3 is 5.11 Å². The standard InChI is InChI=1S/C12H11Br2NO3S2/c1-7-2-9(13)12(10(14)3-7)15-20(17,18)11-4-8(5-16)6-19-11/h2-4,6,15-16H,5H2,1H3. The summed E-state index contributed by atoms with van der Waals surface area (Å²) < 4.78 is 28.6. The summed E-state index contributed by atoms with van der Waals surface area (Å²) >= 11 is 7.77. The van der Waals surface area contributed by atoms with E-state index < -0.39 is 10.0 Å². The van der Waals surface area contributed by atoms with Gasteiger partial charge in [0.15, 0.2) is 0 Å². The normalized spacial score (nSPS) is 11.6. The molecule has 0 saturated heterocycles. The number of thiophene rings is 1. The van der Waals surface area contributed by atoms with E-state index in [-0.39, 0.29) is 10.8 Å². The molecule has 0 atom stereocenters. The number of anilines is 1. The predicted molar refractivity (Wildman–Crippen MR) is 87.6 cm³/mol. The molecule has 2 aromatic rings. The molecule has 0 aliphatic carbocycles. The first-order chi connectivity index (χ1) is 9.33. The van der Waals surface area contributed by atoms with Crippen molar-refractivity contribution in [3.8, 4) is 0 Å². The summed E-state index contributed by atoms with van der Waals surface area (Å²) in [5.41, 5.74) is 2.04. The van der Waals surface area contributed by atoms with Gasteiger partial charge in [0.2, 0.25) is 0 Å². The minimum atomic E-state index is -3.66. The van der Waals surface area contributed by atoms with E-state index >= 15 is 0 Å². The third kappa shape index (κ3) is 3.43. The molecule has 0 aliphatic rings. The Kier molecular flexibility index (Phi) is 4.91. The third-order valence-electron chi connectivity index (χ3n) is 2.50. The summed E-state index contributed by atoms with van der Waals surface area (Å²) in [5.74, 6) is 0. The molecule has 20 heavy (non-hydrogen) atoms. The van der Waals surface area contributed by atoms with Crippen molar-refractivity contribution in [2.24, 2.45) is 0 Å². The van der Waals surface area contributed by atoms with Gasteiger partial charge in [-0.25, -0.2) is 8.42 Å². The molecule has 0 aliphatic heterocycles. The Morgan fingerprint density at radius 3 is 2.35 bits per heavy atom. The quantitative estimate of drug-likeness (QED) is 0.758. The highest BCUT2D eigenvalue weighted by molar-refractivity contribution is 9.11. The molecule has 0 spiro atoms. The Bertz CT molecular complexity index is 718. The zero-order chi connectivity index (χ0) is 14.9. The van der Waals surface area contributed by atoms with Crippen LogP contribution in [-0.4, -0.2) is 13.5 Å². The van der Waals surface area contributed by atoms with E-state index in [0.29, 0.717) is 20.2 Å². The lowest BCUT2D eigenvalue weighted by molar-refractivity contribution is 0.282. The van der Waals surface area contributed by atoms with Crippen LogP contribution < -0.4 is 4.72 Å². The van der Waals surface area contributed by atoms with Crippen LogP contribution in [0.5, 0.6) is 0 Å². The highest BCUT2D eigenvalue weighted by Crippen LogP contribution is 2.34. The molecule has 1 aromatic heterocycles. The van der Waals surface area contributed by atoms with Gasteiger partial charge in [-0.1, -0.05) is 0 Å². The van der Waals surface area contributed by atoms with Gasteiger partial charge in [-0.3, -0.25) is 4.72 Å². The number of benzene rings is 1. The summed E-state index contributed by atoms with van der Waals surface area (Å²) in [6.45, 7) is 1.74. The van der Waals surface area contributed by atoms with E-state index in [0.717, 1.165) is 16.9 Å². The summed E-state index contributed by atoms with van der Waals surface area (Å²) in [6, 6.07) is 5.12.